The Labute approximate surface area is 150 Å². The van der Waals surface area contributed by atoms with E-state index in [0.29, 0.717) is 13.1 Å². The lowest BCUT2D eigenvalue weighted by Gasteiger charge is -2.24. The zero-order chi connectivity index (χ0) is 17.3. The fourth-order valence-electron chi connectivity index (χ4n) is 2.71. The molecular formula is C14H24ClN3O4S2. The molecule has 1 aromatic rings. The summed E-state index contributed by atoms with van der Waals surface area (Å²) in [6.07, 6.45) is 1.61. The van der Waals surface area contributed by atoms with Crippen LogP contribution in [0.25, 0.3) is 0 Å². The molecule has 1 fully saturated rings. The lowest BCUT2D eigenvalue weighted by atomic mass is 10.2. The topological polar surface area (TPSA) is 86.8 Å². The highest BCUT2D eigenvalue weighted by atomic mass is 35.5. The summed E-state index contributed by atoms with van der Waals surface area (Å²) in [5.41, 5.74) is 0. The molecule has 2 rings (SSSR count). The van der Waals surface area contributed by atoms with Crippen molar-refractivity contribution in [3.63, 3.8) is 0 Å². The highest BCUT2D eigenvalue weighted by Crippen LogP contribution is 2.27. The van der Waals surface area contributed by atoms with Gasteiger partial charge in [0, 0.05) is 33.2 Å². The van der Waals surface area contributed by atoms with E-state index >= 15 is 0 Å². The van der Waals surface area contributed by atoms with Gasteiger partial charge in [0.25, 0.3) is 0 Å². The van der Waals surface area contributed by atoms with Gasteiger partial charge in [-0.05, 0) is 38.1 Å². The van der Waals surface area contributed by atoms with Gasteiger partial charge in [0.2, 0.25) is 20.0 Å². The van der Waals surface area contributed by atoms with Crippen molar-refractivity contribution in [1.29, 1.82) is 0 Å². The van der Waals surface area contributed by atoms with Gasteiger partial charge in [0.15, 0.2) is 0 Å². The zero-order valence-corrected chi connectivity index (χ0v) is 16.4. The molecule has 1 atom stereocenters. The number of hydrogen-bond donors (Lipinski definition) is 1. The predicted octanol–water partition coefficient (Wildman–Crippen LogP) is 0.731. The summed E-state index contributed by atoms with van der Waals surface area (Å²) in [5, 5.41) is 3.01. The first-order valence-electron chi connectivity index (χ1n) is 7.40. The van der Waals surface area contributed by atoms with Crippen LogP contribution in [-0.4, -0.2) is 65.7 Å². The number of sulfonamides is 2. The number of nitrogens with one attached hydrogen (secondary N) is 1. The predicted molar refractivity (Wildman–Crippen MR) is 95.4 cm³/mol. The van der Waals surface area contributed by atoms with Crippen LogP contribution in [0.5, 0.6) is 0 Å². The van der Waals surface area contributed by atoms with Gasteiger partial charge in [-0.1, -0.05) is 6.07 Å². The van der Waals surface area contributed by atoms with Crippen molar-refractivity contribution in [2.45, 2.75) is 28.7 Å². The highest BCUT2D eigenvalue weighted by Gasteiger charge is 2.35. The molecule has 24 heavy (non-hydrogen) atoms. The summed E-state index contributed by atoms with van der Waals surface area (Å²) in [4.78, 5) is -0.00336. The van der Waals surface area contributed by atoms with E-state index in [2.05, 4.69) is 5.32 Å². The van der Waals surface area contributed by atoms with Gasteiger partial charge in [-0.15, -0.1) is 12.4 Å². The van der Waals surface area contributed by atoms with Gasteiger partial charge < -0.3 is 5.32 Å². The number of likely N-dealkylation sites (N-methyl/N-ethyl adjacent to an activating group) is 1. The first-order valence-corrected chi connectivity index (χ1v) is 10.3. The fraction of sp³-hybridized carbons (Fsp3) is 0.571. The maximum absolute atomic E-state index is 12.9. The minimum absolute atomic E-state index is 0. The van der Waals surface area contributed by atoms with Gasteiger partial charge in [0.05, 0.1) is 9.79 Å². The van der Waals surface area contributed by atoms with Crippen molar-refractivity contribution < 1.29 is 16.8 Å². The lowest BCUT2D eigenvalue weighted by Crippen LogP contribution is -2.40. The summed E-state index contributed by atoms with van der Waals surface area (Å²) < 4.78 is 52.7. The molecule has 7 nitrogen and oxygen atoms in total. The van der Waals surface area contributed by atoms with E-state index in [1.807, 2.05) is 0 Å². The Kier molecular flexibility index (Phi) is 7.21. The summed E-state index contributed by atoms with van der Waals surface area (Å²) >= 11 is 0. The molecule has 0 spiro atoms. The highest BCUT2D eigenvalue weighted by molar-refractivity contribution is 7.90. The third kappa shape index (κ3) is 4.09. The van der Waals surface area contributed by atoms with Crippen LogP contribution in [0, 0.1) is 0 Å². The van der Waals surface area contributed by atoms with Crippen LogP contribution in [0.4, 0.5) is 0 Å². The Bertz CT molecular complexity index is 766. The molecule has 138 valence electrons. The Balaban J connectivity index is 0.00000288. The first kappa shape index (κ1) is 21.3. The van der Waals surface area contributed by atoms with Crippen molar-refractivity contribution in [1.82, 2.24) is 13.9 Å². The maximum Gasteiger partial charge on any atom is 0.243 e. The van der Waals surface area contributed by atoms with Crippen LogP contribution in [-0.2, 0) is 20.0 Å². The second kappa shape index (κ2) is 8.11. The molecule has 10 heteroatoms. The third-order valence-corrected chi connectivity index (χ3v) is 7.71. The van der Waals surface area contributed by atoms with Crippen molar-refractivity contribution in [2.24, 2.45) is 0 Å². The average molecular weight is 398 g/mol. The SMILES string of the molecule is CNCC1CCCN1S(=O)(=O)c1cccc(S(=O)(=O)N(C)C)c1.Cl. The van der Waals surface area contributed by atoms with Gasteiger partial charge in [-0.3, -0.25) is 0 Å². The average Bonchev–Trinajstić information content (AvgIpc) is 2.96. The third-order valence-electron chi connectivity index (χ3n) is 3.95. The van der Waals surface area contributed by atoms with Crippen LogP contribution >= 0.6 is 12.4 Å². The number of benzene rings is 1. The molecule has 0 aliphatic carbocycles. The Morgan fingerprint density at radius 3 is 2.42 bits per heavy atom. The molecule has 1 heterocycles. The summed E-state index contributed by atoms with van der Waals surface area (Å²) in [6, 6.07) is 5.45. The van der Waals surface area contributed by atoms with Crippen LogP contribution in [0.2, 0.25) is 0 Å². The smallest absolute Gasteiger partial charge is 0.243 e. The molecule has 1 aliphatic rings. The summed E-state index contributed by atoms with van der Waals surface area (Å²) in [6.45, 7) is 1.04. The monoisotopic (exact) mass is 397 g/mol. The number of hydrogen-bond acceptors (Lipinski definition) is 5. The zero-order valence-electron chi connectivity index (χ0n) is 14.0. The first-order chi connectivity index (χ1) is 10.7. The molecule has 0 amide bonds. The molecule has 0 radical (unpaired) electrons. The van der Waals surface area contributed by atoms with Crippen molar-refractivity contribution in [3.05, 3.63) is 24.3 Å². The Morgan fingerprint density at radius 2 is 1.83 bits per heavy atom. The molecule has 1 aromatic carbocycles. The molecule has 0 saturated carbocycles. The summed E-state index contributed by atoms with van der Waals surface area (Å²) in [7, 11) is -2.76. The quantitative estimate of drug-likeness (QED) is 0.764. The van der Waals surface area contributed by atoms with Crippen molar-refractivity contribution >= 4 is 32.5 Å². The van der Waals surface area contributed by atoms with E-state index in [1.165, 1.54) is 42.7 Å². The second-order valence-corrected chi connectivity index (χ2v) is 9.77. The molecule has 1 aliphatic heterocycles. The standard InChI is InChI=1S/C14H23N3O4S2.ClH/c1-15-11-12-6-5-9-17(12)23(20,21)14-8-4-7-13(10-14)22(18,19)16(2)3;/h4,7-8,10,12,15H,5-6,9,11H2,1-3H3;1H. The second-order valence-electron chi connectivity index (χ2n) is 5.73. The maximum atomic E-state index is 12.9. The number of rotatable bonds is 6. The molecule has 1 saturated heterocycles. The molecule has 0 bridgehead atoms. The van der Waals surface area contributed by atoms with Gasteiger partial charge >= 0.3 is 0 Å². The Morgan fingerprint density at radius 1 is 1.21 bits per heavy atom. The van der Waals surface area contributed by atoms with Gasteiger partial charge in [-0.25, -0.2) is 21.1 Å². The van der Waals surface area contributed by atoms with E-state index in [4.69, 9.17) is 0 Å². The van der Waals surface area contributed by atoms with E-state index in [0.717, 1.165) is 17.1 Å². The number of halogens is 1. The lowest BCUT2D eigenvalue weighted by molar-refractivity contribution is 0.379. The van der Waals surface area contributed by atoms with E-state index in [1.54, 1.807) is 7.05 Å². The van der Waals surface area contributed by atoms with Crippen LogP contribution in [0.3, 0.4) is 0 Å². The molecule has 0 aromatic heterocycles. The van der Waals surface area contributed by atoms with Crippen molar-refractivity contribution in [2.75, 3.05) is 34.2 Å². The van der Waals surface area contributed by atoms with E-state index < -0.39 is 20.0 Å². The minimum atomic E-state index is -3.71. The number of nitrogens with zero attached hydrogens (tertiary/aromatic N) is 2. The molecule has 1 unspecified atom stereocenters. The van der Waals surface area contributed by atoms with E-state index in [9.17, 15) is 16.8 Å². The minimum Gasteiger partial charge on any atom is -0.318 e. The largest absolute Gasteiger partial charge is 0.318 e. The van der Waals surface area contributed by atoms with Crippen LogP contribution in [0.15, 0.2) is 34.1 Å². The Hall–Kier alpha value is -0.710. The van der Waals surface area contributed by atoms with Gasteiger partial charge in [-0.2, -0.15) is 4.31 Å². The fourth-order valence-corrected chi connectivity index (χ4v) is 5.47. The van der Waals surface area contributed by atoms with Crippen molar-refractivity contribution in [3.8, 4) is 0 Å². The van der Waals surface area contributed by atoms with Gasteiger partial charge in [0.1, 0.15) is 0 Å². The van der Waals surface area contributed by atoms with Crippen LogP contribution < -0.4 is 5.32 Å². The normalized spacial score (nSPS) is 19.4. The molecule has 1 N–H and O–H groups in total. The van der Waals surface area contributed by atoms with E-state index in [-0.39, 0.29) is 28.2 Å². The summed E-state index contributed by atoms with van der Waals surface area (Å²) in [5.74, 6) is 0. The molecular weight excluding hydrogens is 374 g/mol. The van der Waals surface area contributed by atoms with Crippen LogP contribution in [0.1, 0.15) is 12.8 Å².